The van der Waals surface area contributed by atoms with Crippen molar-refractivity contribution in [3.63, 3.8) is 0 Å². The standard InChI is InChI=1S/C23H17ClFN3O4/c1-31-21-10-14(23(30)28-18-6-2-15(12-26)19(24)11-18)3-9-20(21)32-13-22(29)27-17-7-4-16(25)5-8-17/h2-11H,13H2,1H3,(H,27,29)(H,28,30). The van der Waals surface area contributed by atoms with E-state index in [0.717, 1.165) is 0 Å². The number of carbonyl (C=O) groups excluding carboxylic acids is 2. The molecule has 0 aromatic heterocycles. The van der Waals surface area contributed by atoms with Gasteiger partial charge in [-0.3, -0.25) is 9.59 Å². The van der Waals surface area contributed by atoms with Crippen molar-refractivity contribution >= 4 is 34.8 Å². The number of halogens is 2. The lowest BCUT2D eigenvalue weighted by Crippen LogP contribution is -2.20. The fourth-order valence-corrected chi connectivity index (χ4v) is 2.91. The van der Waals surface area contributed by atoms with Crippen LogP contribution in [0.15, 0.2) is 60.7 Å². The average molecular weight is 454 g/mol. The number of amides is 2. The summed E-state index contributed by atoms with van der Waals surface area (Å²) in [6, 6.07) is 16.3. The van der Waals surface area contributed by atoms with Crippen molar-refractivity contribution in [2.24, 2.45) is 0 Å². The largest absolute Gasteiger partial charge is 0.493 e. The topological polar surface area (TPSA) is 100 Å². The molecule has 0 atom stereocenters. The van der Waals surface area contributed by atoms with Crippen molar-refractivity contribution in [3.05, 3.63) is 82.6 Å². The third-order valence-electron chi connectivity index (χ3n) is 4.26. The molecule has 2 amide bonds. The number of hydrogen-bond acceptors (Lipinski definition) is 5. The van der Waals surface area contributed by atoms with E-state index < -0.39 is 17.6 Å². The molecule has 0 radical (unpaired) electrons. The number of hydrogen-bond donors (Lipinski definition) is 2. The molecule has 0 unspecified atom stereocenters. The second-order valence-corrected chi connectivity index (χ2v) is 6.88. The Morgan fingerprint density at radius 2 is 1.72 bits per heavy atom. The summed E-state index contributed by atoms with van der Waals surface area (Å²) in [4.78, 5) is 24.6. The van der Waals surface area contributed by atoms with Crippen molar-refractivity contribution in [1.29, 1.82) is 5.26 Å². The van der Waals surface area contributed by atoms with Crippen molar-refractivity contribution in [3.8, 4) is 17.6 Å². The van der Waals surface area contributed by atoms with Crippen LogP contribution in [0.3, 0.4) is 0 Å². The van der Waals surface area contributed by atoms with Crippen LogP contribution in [0.5, 0.6) is 11.5 Å². The monoisotopic (exact) mass is 453 g/mol. The molecule has 3 rings (SSSR count). The van der Waals surface area contributed by atoms with E-state index >= 15 is 0 Å². The molecule has 0 aliphatic rings. The first kappa shape index (κ1) is 22.6. The van der Waals surface area contributed by atoms with Crippen LogP contribution in [0.1, 0.15) is 15.9 Å². The van der Waals surface area contributed by atoms with Gasteiger partial charge in [0.05, 0.1) is 17.7 Å². The predicted octanol–water partition coefficient (Wildman–Crippen LogP) is 4.63. The van der Waals surface area contributed by atoms with E-state index in [1.165, 1.54) is 61.7 Å². The van der Waals surface area contributed by atoms with Gasteiger partial charge in [0.2, 0.25) is 0 Å². The van der Waals surface area contributed by atoms with Gasteiger partial charge in [0.15, 0.2) is 18.1 Å². The molecule has 7 nitrogen and oxygen atoms in total. The summed E-state index contributed by atoms with van der Waals surface area (Å²) < 4.78 is 23.7. The predicted molar refractivity (Wildman–Crippen MR) is 118 cm³/mol. The lowest BCUT2D eigenvalue weighted by atomic mass is 10.1. The van der Waals surface area contributed by atoms with E-state index in [1.807, 2.05) is 6.07 Å². The molecule has 0 fully saturated rings. The average Bonchev–Trinajstić information content (AvgIpc) is 2.79. The molecule has 32 heavy (non-hydrogen) atoms. The first-order valence-corrected chi connectivity index (χ1v) is 9.64. The number of methoxy groups -OCH3 is 1. The zero-order valence-electron chi connectivity index (χ0n) is 16.8. The van der Waals surface area contributed by atoms with Gasteiger partial charge in [-0.2, -0.15) is 5.26 Å². The Labute approximate surface area is 188 Å². The van der Waals surface area contributed by atoms with Gasteiger partial charge in [-0.15, -0.1) is 0 Å². The van der Waals surface area contributed by atoms with Crippen LogP contribution in [0.2, 0.25) is 5.02 Å². The maximum Gasteiger partial charge on any atom is 0.262 e. The lowest BCUT2D eigenvalue weighted by molar-refractivity contribution is -0.118. The van der Waals surface area contributed by atoms with Crippen LogP contribution in [0.4, 0.5) is 15.8 Å². The number of anilines is 2. The zero-order valence-corrected chi connectivity index (χ0v) is 17.6. The third kappa shape index (κ3) is 5.74. The van der Waals surface area contributed by atoms with Gasteiger partial charge in [-0.1, -0.05) is 11.6 Å². The minimum Gasteiger partial charge on any atom is -0.493 e. The second-order valence-electron chi connectivity index (χ2n) is 6.47. The van der Waals surface area contributed by atoms with Crippen molar-refractivity contribution in [2.75, 3.05) is 24.4 Å². The summed E-state index contributed by atoms with van der Waals surface area (Å²) in [5.41, 5.74) is 1.44. The minimum absolute atomic E-state index is 0.227. The highest BCUT2D eigenvalue weighted by molar-refractivity contribution is 6.32. The molecule has 2 N–H and O–H groups in total. The van der Waals surface area contributed by atoms with Crippen molar-refractivity contribution in [1.82, 2.24) is 0 Å². The minimum atomic E-state index is -0.446. The molecule has 0 spiro atoms. The zero-order chi connectivity index (χ0) is 23.1. The Bertz CT molecular complexity index is 1190. The number of carbonyl (C=O) groups is 2. The SMILES string of the molecule is COc1cc(C(=O)Nc2ccc(C#N)c(Cl)c2)ccc1OCC(=O)Nc1ccc(F)cc1. The summed E-state index contributed by atoms with van der Waals surface area (Å²) in [7, 11) is 1.41. The number of benzene rings is 3. The Hall–Kier alpha value is -4.09. The van der Waals surface area contributed by atoms with Gasteiger partial charge in [0.1, 0.15) is 11.9 Å². The third-order valence-corrected chi connectivity index (χ3v) is 4.57. The maximum absolute atomic E-state index is 12.9. The number of nitrogens with one attached hydrogen (secondary N) is 2. The van der Waals surface area contributed by atoms with Gasteiger partial charge >= 0.3 is 0 Å². The smallest absolute Gasteiger partial charge is 0.262 e. The van der Waals surface area contributed by atoms with Crippen LogP contribution >= 0.6 is 11.6 Å². The summed E-state index contributed by atoms with van der Waals surface area (Å²) in [5.74, 6) is -0.761. The Morgan fingerprint density at radius 3 is 2.38 bits per heavy atom. The van der Waals surface area contributed by atoms with E-state index in [0.29, 0.717) is 16.9 Å². The van der Waals surface area contributed by atoms with E-state index in [2.05, 4.69) is 10.6 Å². The molecule has 0 bridgehead atoms. The van der Waals surface area contributed by atoms with Gasteiger partial charge in [-0.25, -0.2) is 4.39 Å². The molecular formula is C23H17ClFN3O4. The molecule has 9 heteroatoms. The van der Waals surface area contributed by atoms with Gasteiger partial charge in [-0.05, 0) is 60.7 Å². The van der Waals surface area contributed by atoms with Gasteiger partial charge in [0.25, 0.3) is 11.8 Å². The van der Waals surface area contributed by atoms with E-state index in [9.17, 15) is 14.0 Å². The summed E-state index contributed by atoms with van der Waals surface area (Å²) in [6.07, 6.45) is 0. The molecule has 0 saturated carbocycles. The molecule has 0 aliphatic carbocycles. The highest BCUT2D eigenvalue weighted by atomic mass is 35.5. The van der Waals surface area contributed by atoms with E-state index in [1.54, 1.807) is 6.07 Å². The van der Waals surface area contributed by atoms with E-state index in [4.69, 9.17) is 26.3 Å². The fourth-order valence-electron chi connectivity index (χ4n) is 2.69. The van der Waals surface area contributed by atoms with E-state index in [-0.39, 0.29) is 28.7 Å². The summed E-state index contributed by atoms with van der Waals surface area (Å²) in [6.45, 7) is -0.316. The van der Waals surface area contributed by atoms with Crippen LogP contribution < -0.4 is 20.1 Å². The Balaban J connectivity index is 1.64. The first-order chi connectivity index (χ1) is 15.4. The first-order valence-electron chi connectivity index (χ1n) is 9.27. The molecule has 0 saturated heterocycles. The Kier molecular flexibility index (Phi) is 7.26. The van der Waals surface area contributed by atoms with Gasteiger partial charge in [0, 0.05) is 16.9 Å². The van der Waals surface area contributed by atoms with Crippen LogP contribution in [0.25, 0.3) is 0 Å². The fraction of sp³-hybridized carbons (Fsp3) is 0.0870. The van der Waals surface area contributed by atoms with Crippen LogP contribution in [-0.2, 0) is 4.79 Å². The van der Waals surface area contributed by atoms with Crippen molar-refractivity contribution in [2.45, 2.75) is 0 Å². The molecule has 3 aromatic carbocycles. The highest BCUT2D eigenvalue weighted by Gasteiger charge is 2.14. The molecule has 0 heterocycles. The van der Waals surface area contributed by atoms with Crippen molar-refractivity contribution < 1.29 is 23.5 Å². The number of nitriles is 1. The molecule has 3 aromatic rings. The highest BCUT2D eigenvalue weighted by Crippen LogP contribution is 2.29. The summed E-state index contributed by atoms with van der Waals surface area (Å²) >= 11 is 5.99. The van der Waals surface area contributed by atoms with Gasteiger partial charge < -0.3 is 20.1 Å². The normalized spacial score (nSPS) is 10.1. The second kappa shape index (κ2) is 10.3. The Morgan fingerprint density at radius 1 is 1.00 bits per heavy atom. The van der Waals surface area contributed by atoms with Crippen LogP contribution in [-0.4, -0.2) is 25.5 Å². The number of nitrogens with zero attached hydrogens (tertiary/aromatic N) is 1. The lowest BCUT2D eigenvalue weighted by Gasteiger charge is -2.13. The molecule has 162 valence electrons. The quantitative estimate of drug-likeness (QED) is 0.543. The van der Waals surface area contributed by atoms with Crippen LogP contribution in [0, 0.1) is 17.1 Å². The number of rotatable bonds is 7. The summed E-state index contributed by atoms with van der Waals surface area (Å²) in [5, 5.41) is 14.4. The molecular weight excluding hydrogens is 437 g/mol. The maximum atomic E-state index is 12.9. The number of ether oxygens (including phenoxy) is 2. The molecule has 0 aliphatic heterocycles.